The lowest BCUT2D eigenvalue weighted by Gasteiger charge is -2.25. The number of aromatic nitrogens is 8. The highest BCUT2D eigenvalue weighted by atomic mass is 31.2. The number of aliphatic hydroxyl groups excluding tert-OH is 4. The summed E-state index contributed by atoms with van der Waals surface area (Å²) < 4.78 is 37.5. The molecule has 2 aliphatic rings. The molecule has 0 amide bonds. The molecule has 4 aromatic rings. The molecule has 22 heteroatoms. The summed E-state index contributed by atoms with van der Waals surface area (Å²) in [7, 11) is -5.05. The monoisotopic (exact) mass is 626 g/mol. The van der Waals surface area contributed by atoms with E-state index in [0.717, 1.165) is 6.33 Å². The van der Waals surface area contributed by atoms with Gasteiger partial charge in [-0.15, -0.1) is 0 Å². The molecule has 9 atom stereocenters. The third kappa shape index (κ3) is 5.35. The number of nitrogens with two attached hydrogens (primary N) is 2. The molecule has 4 aromatic heterocycles. The molecule has 232 valence electrons. The van der Waals surface area contributed by atoms with Crippen molar-refractivity contribution in [3.63, 3.8) is 0 Å². The van der Waals surface area contributed by atoms with E-state index >= 15 is 0 Å². The van der Waals surface area contributed by atoms with Crippen LogP contribution in [0.4, 0.5) is 11.9 Å². The molecule has 0 spiro atoms. The molecule has 21 nitrogen and oxygen atoms in total. The summed E-state index contributed by atoms with van der Waals surface area (Å²) in [5.74, 6) is -0.304. The molecule has 0 aromatic carbocycles. The van der Waals surface area contributed by atoms with Crippen molar-refractivity contribution in [1.82, 2.24) is 39.0 Å². The normalized spacial score (nSPS) is 30.8. The van der Waals surface area contributed by atoms with Crippen LogP contribution in [0.15, 0.2) is 23.6 Å². The summed E-state index contributed by atoms with van der Waals surface area (Å²) in [6, 6.07) is 0. The number of fused-ring (bicyclic) bond motifs is 2. The van der Waals surface area contributed by atoms with E-state index in [1.54, 1.807) is 0 Å². The number of hydrogen-bond acceptors (Lipinski definition) is 17. The van der Waals surface area contributed by atoms with E-state index in [1.165, 1.54) is 21.7 Å². The van der Waals surface area contributed by atoms with Crippen molar-refractivity contribution >= 4 is 42.0 Å². The smallest absolute Gasteiger partial charge is 0.396 e. The van der Waals surface area contributed by atoms with Crippen LogP contribution >= 0.6 is 7.82 Å². The highest BCUT2D eigenvalue weighted by Gasteiger charge is 2.50. The van der Waals surface area contributed by atoms with Gasteiger partial charge in [-0.3, -0.25) is 28.0 Å². The number of H-pyrrole nitrogens is 1. The Bertz CT molecular complexity index is 1750. The molecule has 1 unspecified atom stereocenters. The average molecular weight is 626 g/mol. The summed E-state index contributed by atoms with van der Waals surface area (Å²) in [6.07, 6.45) is -7.47. The van der Waals surface area contributed by atoms with Crippen LogP contribution in [0.2, 0.25) is 0 Å². The van der Waals surface area contributed by atoms with Gasteiger partial charge in [0, 0.05) is 6.61 Å². The van der Waals surface area contributed by atoms with Gasteiger partial charge in [0.1, 0.15) is 36.0 Å². The summed E-state index contributed by atoms with van der Waals surface area (Å²) in [4.78, 5) is 45.1. The maximum Gasteiger partial charge on any atom is 0.472 e. The molecule has 0 aliphatic carbocycles. The number of nitrogens with one attached hydrogen (secondary N) is 1. The van der Waals surface area contributed by atoms with Crippen LogP contribution in [-0.4, -0.2) is 114 Å². The molecule has 43 heavy (non-hydrogen) atoms. The van der Waals surface area contributed by atoms with Gasteiger partial charge in [-0.25, -0.2) is 19.5 Å². The largest absolute Gasteiger partial charge is 0.472 e. The van der Waals surface area contributed by atoms with E-state index < -0.39 is 75.7 Å². The van der Waals surface area contributed by atoms with Crippen LogP contribution in [0, 0.1) is 0 Å². The maximum absolute atomic E-state index is 13.1. The first kappa shape index (κ1) is 29.4. The zero-order chi connectivity index (χ0) is 30.6. The van der Waals surface area contributed by atoms with Crippen molar-refractivity contribution in [3.05, 3.63) is 29.2 Å². The first-order valence-electron chi connectivity index (χ1n) is 12.8. The third-order valence-corrected chi connectivity index (χ3v) is 8.04. The average Bonchev–Trinajstić information content (AvgIpc) is 3.70. The Kier molecular flexibility index (Phi) is 7.62. The second-order valence-corrected chi connectivity index (χ2v) is 11.2. The standard InChI is InChI=1S/C21H27N10O11P/c22-20-24-3-7-15(27-20)30(5-25-7)18-13(35)11(33)9(41-18)4-39-43(37,38)42-14-12(34)8(1-2-32)40-19(14)31-6-26-10-16(31)28-21(23)29-17(10)36/h3,5-6,8-9,11-14,18-19,32-35H,1-2,4H2,(H,37,38)(H2,22,24,27)(H3,23,28,29,36)/t8-,9-,11-,12-,13-,14-,18-,19-/m1/s1. The fraction of sp³-hybridized carbons (Fsp3) is 0.524. The van der Waals surface area contributed by atoms with Crippen LogP contribution in [0.25, 0.3) is 22.3 Å². The molecule has 10 N–H and O–H groups in total. The Morgan fingerprint density at radius 3 is 2.47 bits per heavy atom. The number of ether oxygens (including phenoxy) is 2. The number of phosphoric acid groups is 1. The van der Waals surface area contributed by atoms with E-state index in [9.17, 15) is 34.7 Å². The van der Waals surface area contributed by atoms with Gasteiger partial charge >= 0.3 is 7.82 Å². The van der Waals surface area contributed by atoms with Crippen molar-refractivity contribution in [2.45, 2.75) is 55.5 Å². The van der Waals surface area contributed by atoms with Crippen LogP contribution in [0.3, 0.4) is 0 Å². The number of nitrogens with zero attached hydrogens (tertiary/aromatic N) is 7. The lowest BCUT2D eigenvalue weighted by Crippen LogP contribution is -2.35. The predicted molar refractivity (Wildman–Crippen MR) is 140 cm³/mol. The molecule has 0 radical (unpaired) electrons. The first-order valence-corrected chi connectivity index (χ1v) is 14.3. The minimum atomic E-state index is -5.05. The second kappa shape index (κ2) is 11.1. The molecule has 0 saturated carbocycles. The maximum atomic E-state index is 13.1. The zero-order valence-corrected chi connectivity index (χ0v) is 22.8. The van der Waals surface area contributed by atoms with Crippen molar-refractivity contribution < 1.29 is 48.4 Å². The summed E-state index contributed by atoms with van der Waals surface area (Å²) >= 11 is 0. The molecule has 0 bridgehead atoms. The van der Waals surface area contributed by atoms with Crippen LogP contribution in [0.1, 0.15) is 18.9 Å². The van der Waals surface area contributed by atoms with Gasteiger partial charge in [0.15, 0.2) is 29.3 Å². The van der Waals surface area contributed by atoms with Crippen molar-refractivity contribution in [2.24, 2.45) is 0 Å². The molecule has 2 aliphatic heterocycles. The van der Waals surface area contributed by atoms with Crippen LogP contribution in [0.5, 0.6) is 0 Å². The lowest BCUT2D eigenvalue weighted by molar-refractivity contribution is -0.0601. The highest BCUT2D eigenvalue weighted by Crippen LogP contribution is 2.50. The Balaban J connectivity index is 1.19. The van der Waals surface area contributed by atoms with Gasteiger partial charge in [-0.1, -0.05) is 0 Å². The van der Waals surface area contributed by atoms with E-state index in [0.29, 0.717) is 5.52 Å². The number of aliphatic hydroxyl groups is 4. The number of hydrogen-bond donors (Lipinski definition) is 8. The van der Waals surface area contributed by atoms with E-state index in [4.69, 9.17) is 30.0 Å². The third-order valence-electron chi connectivity index (χ3n) is 7.05. The fourth-order valence-corrected chi connectivity index (χ4v) is 5.96. The van der Waals surface area contributed by atoms with E-state index in [-0.39, 0.29) is 35.1 Å². The van der Waals surface area contributed by atoms with Gasteiger partial charge in [0.25, 0.3) is 5.56 Å². The Hall–Kier alpha value is -3.63. The Morgan fingerprint density at radius 2 is 1.70 bits per heavy atom. The Labute approximate surface area is 239 Å². The minimum Gasteiger partial charge on any atom is -0.396 e. The topological polar surface area (TPSA) is 314 Å². The Morgan fingerprint density at radius 1 is 0.977 bits per heavy atom. The summed E-state index contributed by atoms with van der Waals surface area (Å²) in [5.41, 5.74) is 11.0. The summed E-state index contributed by atoms with van der Waals surface area (Å²) in [6.45, 7) is -1.13. The zero-order valence-electron chi connectivity index (χ0n) is 21.9. The molecule has 6 heterocycles. The molecular weight excluding hydrogens is 599 g/mol. The van der Waals surface area contributed by atoms with Gasteiger partial charge in [0.05, 0.1) is 31.6 Å². The number of phosphoric ester groups is 1. The molecular formula is C21H27N10O11P. The highest BCUT2D eigenvalue weighted by molar-refractivity contribution is 7.47. The number of nitrogen functional groups attached to an aromatic ring is 2. The number of anilines is 2. The van der Waals surface area contributed by atoms with E-state index in [2.05, 4.69) is 29.9 Å². The van der Waals surface area contributed by atoms with Gasteiger partial charge in [0.2, 0.25) is 11.9 Å². The lowest BCUT2D eigenvalue weighted by atomic mass is 10.1. The predicted octanol–water partition coefficient (Wildman–Crippen LogP) is -3.11. The van der Waals surface area contributed by atoms with Gasteiger partial charge in [-0.2, -0.15) is 9.97 Å². The fourth-order valence-electron chi connectivity index (χ4n) is 5.03. The molecule has 2 fully saturated rings. The van der Waals surface area contributed by atoms with Crippen molar-refractivity contribution in [2.75, 3.05) is 24.7 Å². The summed E-state index contributed by atoms with van der Waals surface area (Å²) in [5, 5.41) is 41.5. The molecule has 6 rings (SSSR count). The second-order valence-electron chi connectivity index (χ2n) is 9.81. The van der Waals surface area contributed by atoms with Gasteiger partial charge < -0.3 is 46.3 Å². The van der Waals surface area contributed by atoms with Gasteiger partial charge in [-0.05, 0) is 6.42 Å². The number of rotatable bonds is 9. The van der Waals surface area contributed by atoms with Crippen LogP contribution < -0.4 is 17.0 Å². The SMILES string of the molecule is Nc1ncc2ncn([C@@H]3O[C@H](COP(=O)(O)O[C@@H]4[C@H](O)[C@@H](CCO)O[C@H]4n4cnc5c(=O)[nH]c(N)nc54)[C@@H](O)[C@H]3O)c2n1. The van der Waals surface area contributed by atoms with Crippen molar-refractivity contribution in [1.29, 1.82) is 0 Å². The first-order chi connectivity index (χ1) is 20.5. The molecule has 2 saturated heterocycles. The van der Waals surface area contributed by atoms with Crippen molar-refractivity contribution in [3.8, 4) is 0 Å². The quantitative estimate of drug-likeness (QED) is 0.0852. The number of imidazole rings is 2. The van der Waals surface area contributed by atoms with E-state index in [1.807, 2.05) is 0 Å². The van der Waals surface area contributed by atoms with Crippen LogP contribution in [-0.2, 0) is 23.1 Å². The minimum absolute atomic E-state index is 0.0621. The number of aromatic amines is 1.